The lowest BCUT2D eigenvalue weighted by Crippen LogP contribution is -2.12. The third kappa shape index (κ3) is 2.40. The number of furan rings is 1. The van der Waals surface area contributed by atoms with Gasteiger partial charge in [-0.25, -0.2) is 4.39 Å². The molecule has 0 radical (unpaired) electrons. The van der Waals surface area contributed by atoms with Crippen LogP contribution in [0, 0.1) is 19.7 Å². The molecule has 0 saturated heterocycles. The van der Waals surface area contributed by atoms with Gasteiger partial charge in [-0.3, -0.25) is 4.79 Å². The maximum Gasteiger partial charge on any atom is 0.259 e. The third-order valence-electron chi connectivity index (χ3n) is 3.48. The molecule has 0 aliphatic rings. The maximum absolute atomic E-state index is 13.6. The highest BCUT2D eigenvalue weighted by Gasteiger charge is 2.15. The molecule has 0 bridgehead atoms. The first-order chi connectivity index (χ1) is 10.1. The lowest BCUT2D eigenvalue weighted by atomic mass is 10.1. The van der Waals surface area contributed by atoms with Crippen LogP contribution in [-0.2, 0) is 0 Å². The Bertz CT molecular complexity index is 836. The van der Waals surface area contributed by atoms with Crippen LogP contribution in [-0.4, -0.2) is 5.91 Å². The van der Waals surface area contributed by atoms with Gasteiger partial charge in [0.05, 0.1) is 5.56 Å². The Balaban J connectivity index is 1.95. The van der Waals surface area contributed by atoms with Crippen LogP contribution in [0.4, 0.5) is 10.1 Å². The summed E-state index contributed by atoms with van der Waals surface area (Å²) in [6.45, 7) is 3.52. The molecule has 2 aromatic carbocycles. The lowest BCUT2D eigenvalue weighted by Gasteiger charge is -2.09. The largest absolute Gasteiger partial charge is 0.463 e. The van der Waals surface area contributed by atoms with E-state index < -0.39 is 0 Å². The molecule has 1 amide bonds. The van der Waals surface area contributed by atoms with Crippen LogP contribution >= 0.6 is 0 Å². The highest BCUT2D eigenvalue weighted by atomic mass is 19.1. The molecule has 0 aliphatic heterocycles. The summed E-state index contributed by atoms with van der Waals surface area (Å²) in [7, 11) is 0. The van der Waals surface area contributed by atoms with Gasteiger partial charge in [0.2, 0.25) is 0 Å². The fourth-order valence-corrected chi connectivity index (χ4v) is 2.30. The van der Waals surface area contributed by atoms with Gasteiger partial charge >= 0.3 is 0 Å². The van der Waals surface area contributed by atoms with Gasteiger partial charge in [-0.15, -0.1) is 0 Å². The minimum absolute atomic E-state index is 0.314. The molecule has 0 fully saturated rings. The second-order valence-corrected chi connectivity index (χ2v) is 5.02. The molecule has 0 spiro atoms. The van der Waals surface area contributed by atoms with E-state index in [1.165, 1.54) is 12.3 Å². The first-order valence-electron chi connectivity index (χ1n) is 6.60. The predicted octanol–water partition coefficient (Wildman–Crippen LogP) is 4.44. The molecule has 4 heteroatoms. The molecular weight excluding hydrogens is 269 g/mol. The van der Waals surface area contributed by atoms with Gasteiger partial charge in [-0.1, -0.05) is 24.3 Å². The van der Waals surface area contributed by atoms with Gasteiger partial charge in [0.15, 0.2) is 0 Å². The number of hydrogen-bond donors (Lipinski definition) is 1. The van der Waals surface area contributed by atoms with E-state index in [4.69, 9.17) is 4.42 Å². The number of fused-ring (bicyclic) bond motifs is 1. The average molecular weight is 283 g/mol. The number of benzene rings is 2. The maximum atomic E-state index is 13.6. The normalized spacial score (nSPS) is 10.8. The summed E-state index contributed by atoms with van der Waals surface area (Å²) >= 11 is 0. The van der Waals surface area contributed by atoms with Crippen molar-refractivity contribution in [3.63, 3.8) is 0 Å². The number of hydrogen-bond acceptors (Lipinski definition) is 2. The molecule has 0 aliphatic carbocycles. The van der Waals surface area contributed by atoms with Crippen molar-refractivity contribution in [1.29, 1.82) is 0 Å². The molecule has 0 unspecified atom stereocenters. The molecule has 0 atom stereocenters. The molecule has 0 saturated carbocycles. The van der Waals surface area contributed by atoms with Crippen molar-refractivity contribution in [1.82, 2.24) is 0 Å². The van der Waals surface area contributed by atoms with Crippen molar-refractivity contribution >= 4 is 22.6 Å². The van der Waals surface area contributed by atoms with Gasteiger partial charge in [0, 0.05) is 11.1 Å². The Morgan fingerprint density at radius 2 is 1.90 bits per heavy atom. The van der Waals surface area contributed by atoms with Crippen molar-refractivity contribution in [2.45, 2.75) is 13.8 Å². The molecule has 1 N–H and O–H groups in total. The van der Waals surface area contributed by atoms with E-state index in [2.05, 4.69) is 5.32 Å². The van der Waals surface area contributed by atoms with Crippen molar-refractivity contribution in [2.75, 3.05) is 5.32 Å². The lowest BCUT2D eigenvalue weighted by molar-refractivity contribution is 0.102. The van der Waals surface area contributed by atoms with Crippen molar-refractivity contribution in [2.24, 2.45) is 0 Å². The van der Waals surface area contributed by atoms with Crippen LogP contribution in [0.15, 0.2) is 47.1 Å². The number of carbonyl (C=O) groups excluding carboxylic acids is 1. The summed E-state index contributed by atoms with van der Waals surface area (Å²) < 4.78 is 19.0. The van der Waals surface area contributed by atoms with Crippen molar-refractivity contribution in [3.8, 4) is 0 Å². The number of halogens is 1. The SMILES string of the molecule is Cc1cc(C)c(NC(=O)c2coc3ccccc23)cc1F. The number of nitrogens with one attached hydrogen (secondary N) is 1. The smallest absolute Gasteiger partial charge is 0.259 e. The monoisotopic (exact) mass is 283 g/mol. The highest BCUT2D eigenvalue weighted by Crippen LogP contribution is 2.24. The first-order valence-corrected chi connectivity index (χ1v) is 6.60. The van der Waals surface area contributed by atoms with Crippen LogP contribution in [0.2, 0.25) is 0 Å². The number of anilines is 1. The molecule has 106 valence electrons. The van der Waals surface area contributed by atoms with Crippen LogP contribution in [0.5, 0.6) is 0 Å². The zero-order valence-corrected chi connectivity index (χ0v) is 11.7. The second-order valence-electron chi connectivity index (χ2n) is 5.02. The fraction of sp³-hybridized carbons (Fsp3) is 0.118. The van der Waals surface area contributed by atoms with Gasteiger partial charge in [-0.05, 0) is 37.1 Å². The highest BCUT2D eigenvalue weighted by molar-refractivity contribution is 6.12. The van der Waals surface area contributed by atoms with Gasteiger partial charge in [0.1, 0.15) is 17.7 Å². The molecule has 3 aromatic rings. The summed E-state index contributed by atoms with van der Waals surface area (Å²) in [5.74, 6) is -0.653. The second kappa shape index (κ2) is 5.05. The fourth-order valence-electron chi connectivity index (χ4n) is 2.30. The molecule has 21 heavy (non-hydrogen) atoms. The van der Waals surface area contributed by atoms with E-state index >= 15 is 0 Å². The third-order valence-corrected chi connectivity index (χ3v) is 3.48. The zero-order valence-electron chi connectivity index (χ0n) is 11.7. The van der Waals surface area contributed by atoms with E-state index in [0.29, 0.717) is 22.4 Å². The van der Waals surface area contributed by atoms with E-state index in [1.54, 1.807) is 19.1 Å². The Kier molecular flexibility index (Phi) is 3.22. The number of para-hydroxylation sites is 1. The number of amides is 1. The van der Waals surface area contributed by atoms with Crippen LogP contribution in [0.3, 0.4) is 0 Å². The Morgan fingerprint density at radius 1 is 1.14 bits per heavy atom. The first kappa shape index (κ1) is 13.4. The predicted molar refractivity (Wildman–Crippen MR) is 80.0 cm³/mol. The van der Waals surface area contributed by atoms with Crippen molar-refractivity contribution < 1.29 is 13.6 Å². The standard InChI is InChI=1S/C17H14FNO2/c1-10-7-11(2)15(8-14(10)18)19-17(20)13-9-21-16-6-4-3-5-12(13)16/h3-9H,1-2H3,(H,19,20). The van der Waals surface area contributed by atoms with Crippen molar-refractivity contribution in [3.05, 3.63) is 65.2 Å². The minimum atomic E-state index is -0.340. The van der Waals surface area contributed by atoms with Gasteiger partial charge in [-0.2, -0.15) is 0 Å². The van der Waals surface area contributed by atoms with E-state index in [1.807, 2.05) is 25.1 Å². The summed E-state index contributed by atoms with van der Waals surface area (Å²) in [4.78, 5) is 12.3. The van der Waals surface area contributed by atoms with Gasteiger partial charge < -0.3 is 9.73 Å². The summed E-state index contributed by atoms with van der Waals surface area (Å²) in [6.07, 6.45) is 1.42. The Morgan fingerprint density at radius 3 is 2.71 bits per heavy atom. The van der Waals surface area contributed by atoms with Gasteiger partial charge in [0.25, 0.3) is 5.91 Å². The molecule has 1 aromatic heterocycles. The van der Waals surface area contributed by atoms with Crippen LogP contribution < -0.4 is 5.32 Å². The number of rotatable bonds is 2. The van der Waals surface area contributed by atoms with Crippen LogP contribution in [0.25, 0.3) is 11.0 Å². The molecular formula is C17H14FNO2. The summed E-state index contributed by atoms with van der Waals surface area (Å²) in [6, 6.07) is 10.3. The van der Waals surface area contributed by atoms with E-state index in [-0.39, 0.29) is 11.7 Å². The molecule has 3 nitrogen and oxygen atoms in total. The average Bonchev–Trinajstić information content (AvgIpc) is 2.88. The summed E-state index contributed by atoms with van der Waals surface area (Å²) in [5.41, 5.74) is 2.92. The number of carbonyl (C=O) groups is 1. The minimum Gasteiger partial charge on any atom is -0.463 e. The van der Waals surface area contributed by atoms with E-state index in [9.17, 15) is 9.18 Å². The Hall–Kier alpha value is -2.62. The van der Waals surface area contributed by atoms with Crippen LogP contribution in [0.1, 0.15) is 21.5 Å². The zero-order chi connectivity index (χ0) is 15.0. The molecule has 3 rings (SSSR count). The van der Waals surface area contributed by atoms with E-state index in [0.717, 1.165) is 10.9 Å². The number of aryl methyl sites for hydroxylation is 2. The summed E-state index contributed by atoms with van der Waals surface area (Å²) in [5, 5.41) is 3.47. The quantitative estimate of drug-likeness (QED) is 0.755. The topological polar surface area (TPSA) is 42.2 Å². The molecule has 1 heterocycles. The Labute approximate surface area is 121 Å².